The normalized spacial score (nSPS) is 15.3. The van der Waals surface area contributed by atoms with Gasteiger partial charge in [0.15, 0.2) is 5.69 Å². The second kappa shape index (κ2) is 4.02. The fourth-order valence-corrected chi connectivity index (χ4v) is 1.41. The molecule has 0 amide bonds. The van der Waals surface area contributed by atoms with Gasteiger partial charge in [-0.15, -0.1) is 0 Å². The summed E-state index contributed by atoms with van der Waals surface area (Å²) in [6, 6.07) is 2.42. The van der Waals surface area contributed by atoms with Crippen molar-refractivity contribution in [3.8, 4) is 0 Å². The molecule has 0 saturated heterocycles. The van der Waals surface area contributed by atoms with Crippen molar-refractivity contribution in [2.24, 2.45) is 7.05 Å². The number of aryl methyl sites for hydroxylation is 1. The summed E-state index contributed by atoms with van der Waals surface area (Å²) < 4.78 is 6.32. The van der Waals surface area contributed by atoms with E-state index >= 15 is 0 Å². The van der Waals surface area contributed by atoms with E-state index in [-0.39, 0.29) is 5.97 Å². The van der Waals surface area contributed by atoms with E-state index in [9.17, 15) is 4.79 Å². The fraction of sp³-hybridized carbons (Fsp3) is 0.600. The smallest absolute Gasteiger partial charge is 0.358 e. The minimum Gasteiger partial charge on any atom is -0.464 e. The maximum absolute atomic E-state index is 11.2. The van der Waals surface area contributed by atoms with Gasteiger partial charge in [0.05, 0.1) is 12.8 Å². The minimum atomic E-state index is -0.386. The zero-order valence-corrected chi connectivity index (χ0v) is 8.99. The molecule has 0 aromatic carbocycles. The third-order valence-electron chi connectivity index (χ3n) is 2.52. The monoisotopic (exact) mass is 209 g/mol. The number of nitrogens with zero attached hydrogens (tertiary/aromatic N) is 2. The van der Waals surface area contributed by atoms with Crippen molar-refractivity contribution in [2.45, 2.75) is 25.4 Å². The molecule has 0 atom stereocenters. The molecule has 1 aliphatic carbocycles. The predicted molar refractivity (Wildman–Crippen MR) is 54.4 cm³/mol. The maximum atomic E-state index is 11.2. The van der Waals surface area contributed by atoms with Gasteiger partial charge in [-0.3, -0.25) is 4.68 Å². The summed E-state index contributed by atoms with van der Waals surface area (Å²) in [5.74, 6) is -0.386. The van der Waals surface area contributed by atoms with Gasteiger partial charge in [-0.05, 0) is 18.9 Å². The molecule has 0 spiro atoms. The van der Waals surface area contributed by atoms with Gasteiger partial charge in [0.2, 0.25) is 0 Å². The standard InChI is InChI=1S/C10H15N3O2/c1-13-8(6-11-7-3-4-7)5-9(12-13)10(14)15-2/h5,7,11H,3-4,6H2,1-2H3. The number of esters is 1. The molecule has 5 heteroatoms. The minimum absolute atomic E-state index is 0.368. The first-order valence-corrected chi connectivity index (χ1v) is 5.05. The lowest BCUT2D eigenvalue weighted by Gasteiger charge is -2.01. The molecule has 1 aliphatic rings. The van der Waals surface area contributed by atoms with Gasteiger partial charge in [-0.1, -0.05) is 0 Å². The summed E-state index contributed by atoms with van der Waals surface area (Å²) in [7, 11) is 3.19. The number of aromatic nitrogens is 2. The van der Waals surface area contributed by atoms with E-state index in [2.05, 4.69) is 15.2 Å². The van der Waals surface area contributed by atoms with E-state index in [0.29, 0.717) is 11.7 Å². The summed E-state index contributed by atoms with van der Waals surface area (Å²) in [4.78, 5) is 11.2. The Balaban J connectivity index is 2.02. The molecule has 0 bridgehead atoms. The molecule has 1 heterocycles. The van der Waals surface area contributed by atoms with Gasteiger partial charge >= 0.3 is 5.97 Å². The summed E-state index contributed by atoms with van der Waals surface area (Å²) in [5, 5.41) is 7.45. The maximum Gasteiger partial charge on any atom is 0.358 e. The lowest BCUT2D eigenvalue weighted by Crippen LogP contribution is -2.17. The topological polar surface area (TPSA) is 56.1 Å². The van der Waals surface area contributed by atoms with Crippen LogP contribution in [0, 0.1) is 0 Å². The quantitative estimate of drug-likeness (QED) is 0.732. The molecule has 0 unspecified atom stereocenters. The molecule has 2 rings (SSSR count). The van der Waals surface area contributed by atoms with Gasteiger partial charge in [0.25, 0.3) is 0 Å². The summed E-state index contributed by atoms with van der Waals surface area (Å²) >= 11 is 0. The number of nitrogens with one attached hydrogen (secondary N) is 1. The van der Waals surface area contributed by atoms with Crippen molar-refractivity contribution in [3.05, 3.63) is 17.5 Å². The van der Waals surface area contributed by atoms with Crippen molar-refractivity contribution in [1.82, 2.24) is 15.1 Å². The predicted octanol–water partition coefficient (Wildman–Crippen LogP) is 0.459. The molecule has 1 aromatic heterocycles. The van der Waals surface area contributed by atoms with Crippen molar-refractivity contribution < 1.29 is 9.53 Å². The van der Waals surface area contributed by atoms with Crippen LogP contribution in [0.4, 0.5) is 0 Å². The second-order valence-corrected chi connectivity index (χ2v) is 3.79. The van der Waals surface area contributed by atoms with E-state index in [0.717, 1.165) is 12.2 Å². The lowest BCUT2D eigenvalue weighted by atomic mass is 10.3. The van der Waals surface area contributed by atoms with Crippen LogP contribution in [0.5, 0.6) is 0 Å². The number of carbonyl (C=O) groups is 1. The number of rotatable bonds is 4. The highest BCUT2D eigenvalue weighted by molar-refractivity contribution is 5.87. The number of hydrogen-bond donors (Lipinski definition) is 1. The van der Waals surface area contributed by atoms with E-state index in [1.807, 2.05) is 7.05 Å². The van der Waals surface area contributed by atoms with E-state index < -0.39 is 0 Å². The largest absolute Gasteiger partial charge is 0.464 e. The first kappa shape index (κ1) is 10.2. The Hall–Kier alpha value is -1.36. The van der Waals surface area contributed by atoms with Crippen LogP contribution in [0.2, 0.25) is 0 Å². The average Bonchev–Trinajstić information content (AvgIpc) is 2.99. The molecular formula is C10H15N3O2. The highest BCUT2D eigenvalue weighted by Gasteiger charge is 2.21. The first-order chi connectivity index (χ1) is 7.20. The number of carbonyl (C=O) groups excluding carboxylic acids is 1. The van der Waals surface area contributed by atoms with Crippen molar-refractivity contribution in [2.75, 3.05) is 7.11 Å². The van der Waals surface area contributed by atoms with Crippen molar-refractivity contribution >= 4 is 5.97 Å². The van der Waals surface area contributed by atoms with Gasteiger partial charge < -0.3 is 10.1 Å². The molecule has 0 aliphatic heterocycles. The number of hydrogen-bond acceptors (Lipinski definition) is 4. The Labute approximate surface area is 88.4 Å². The highest BCUT2D eigenvalue weighted by Crippen LogP contribution is 2.19. The molecule has 15 heavy (non-hydrogen) atoms. The molecule has 1 aromatic rings. The van der Waals surface area contributed by atoms with Crippen LogP contribution in [0.3, 0.4) is 0 Å². The molecule has 0 radical (unpaired) electrons. The SMILES string of the molecule is COC(=O)c1cc(CNC2CC2)n(C)n1. The van der Waals surface area contributed by atoms with Gasteiger partial charge in [0, 0.05) is 19.6 Å². The molecule has 82 valence electrons. The first-order valence-electron chi connectivity index (χ1n) is 5.05. The van der Waals surface area contributed by atoms with E-state index in [4.69, 9.17) is 0 Å². The van der Waals surface area contributed by atoms with Crippen molar-refractivity contribution in [3.63, 3.8) is 0 Å². The van der Waals surface area contributed by atoms with Crippen molar-refractivity contribution in [1.29, 1.82) is 0 Å². The van der Waals surface area contributed by atoms with Gasteiger partial charge in [-0.2, -0.15) is 5.10 Å². The third kappa shape index (κ3) is 2.36. The number of ether oxygens (including phenoxy) is 1. The van der Waals surface area contributed by atoms with Crippen LogP contribution in [-0.2, 0) is 18.3 Å². The van der Waals surface area contributed by atoms with Crippen LogP contribution in [0.25, 0.3) is 0 Å². The average molecular weight is 209 g/mol. The Kier molecular flexibility index (Phi) is 2.73. The van der Waals surface area contributed by atoms with E-state index in [1.165, 1.54) is 20.0 Å². The summed E-state index contributed by atoms with van der Waals surface area (Å²) in [6.45, 7) is 0.755. The van der Waals surface area contributed by atoms with Gasteiger partial charge in [-0.25, -0.2) is 4.79 Å². The molecule has 1 saturated carbocycles. The number of methoxy groups -OCH3 is 1. The fourth-order valence-electron chi connectivity index (χ4n) is 1.41. The van der Waals surface area contributed by atoms with Crippen LogP contribution in [0.15, 0.2) is 6.07 Å². The molecular weight excluding hydrogens is 194 g/mol. The lowest BCUT2D eigenvalue weighted by molar-refractivity contribution is 0.0593. The Morgan fingerprint density at radius 2 is 2.47 bits per heavy atom. The molecule has 1 N–H and O–H groups in total. The van der Waals surface area contributed by atoms with E-state index in [1.54, 1.807) is 10.7 Å². The Morgan fingerprint density at radius 3 is 3.07 bits per heavy atom. The highest BCUT2D eigenvalue weighted by atomic mass is 16.5. The van der Waals surface area contributed by atoms with Crippen LogP contribution in [0.1, 0.15) is 29.0 Å². The third-order valence-corrected chi connectivity index (χ3v) is 2.52. The Bertz CT molecular complexity index is 369. The zero-order chi connectivity index (χ0) is 10.8. The van der Waals surface area contributed by atoms with Gasteiger partial charge in [0.1, 0.15) is 0 Å². The van der Waals surface area contributed by atoms with Crippen LogP contribution in [-0.4, -0.2) is 28.9 Å². The molecule has 1 fully saturated rings. The zero-order valence-electron chi connectivity index (χ0n) is 8.99. The Morgan fingerprint density at radius 1 is 1.73 bits per heavy atom. The second-order valence-electron chi connectivity index (χ2n) is 3.79. The summed E-state index contributed by atoms with van der Waals surface area (Å²) in [5.41, 5.74) is 1.37. The van der Waals surface area contributed by atoms with Crippen LogP contribution >= 0.6 is 0 Å². The summed E-state index contributed by atoms with van der Waals surface area (Å²) in [6.07, 6.45) is 2.50. The van der Waals surface area contributed by atoms with Crippen LogP contribution < -0.4 is 5.32 Å². The molecule has 5 nitrogen and oxygen atoms in total.